The molecule has 6 heteroatoms. The predicted molar refractivity (Wildman–Crippen MR) is 123 cm³/mol. The van der Waals surface area contributed by atoms with E-state index in [-0.39, 0.29) is 11.8 Å². The molecule has 2 aromatic rings. The molecule has 1 N–H and O–H groups in total. The van der Waals surface area contributed by atoms with Gasteiger partial charge in [-0.05, 0) is 48.4 Å². The number of hydrogen-bond acceptors (Lipinski definition) is 4. The lowest BCUT2D eigenvalue weighted by molar-refractivity contribution is -0.118. The largest absolute Gasteiger partial charge is 0.348 e. The van der Waals surface area contributed by atoms with Crippen molar-refractivity contribution in [2.75, 3.05) is 44.7 Å². The zero-order chi connectivity index (χ0) is 21.8. The average molecular weight is 421 g/mol. The Hall–Kier alpha value is -2.70. The molecular formula is C25H32N4O2. The van der Waals surface area contributed by atoms with Crippen LogP contribution in [0.5, 0.6) is 0 Å². The average Bonchev–Trinajstić information content (AvgIpc) is 3.22. The van der Waals surface area contributed by atoms with Crippen LogP contribution in [-0.4, -0.2) is 61.4 Å². The zero-order valence-electron chi connectivity index (χ0n) is 18.6. The highest BCUT2D eigenvalue weighted by molar-refractivity contribution is 5.98. The second-order valence-corrected chi connectivity index (χ2v) is 8.57. The number of anilines is 1. The Kier molecular flexibility index (Phi) is 6.68. The number of rotatable bonds is 6. The molecule has 0 atom stereocenters. The number of likely N-dealkylation sites (N-methyl/N-ethyl adjacent to an activating group) is 1. The molecule has 0 aromatic heterocycles. The van der Waals surface area contributed by atoms with Crippen LogP contribution >= 0.6 is 0 Å². The van der Waals surface area contributed by atoms with Gasteiger partial charge < -0.3 is 15.1 Å². The summed E-state index contributed by atoms with van der Waals surface area (Å²) in [5.74, 6) is 0.0555. The Morgan fingerprint density at radius 3 is 2.52 bits per heavy atom. The first-order valence-corrected chi connectivity index (χ1v) is 11.2. The van der Waals surface area contributed by atoms with Crippen molar-refractivity contribution < 1.29 is 9.59 Å². The molecule has 2 heterocycles. The van der Waals surface area contributed by atoms with E-state index in [4.69, 9.17) is 0 Å². The van der Waals surface area contributed by atoms with Gasteiger partial charge in [-0.15, -0.1) is 0 Å². The second-order valence-electron chi connectivity index (χ2n) is 8.57. The molecule has 2 amide bonds. The number of amides is 2. The highest BCUT2D eigenvalue weighted by Crippen LogP contribution is 2.29. The molecule has 31 heavy (non-hydrogen) atoms. The summed E-state index contributed by atoms with van der Waals surface area (Å²) in [5, 5.41) is 3.05. The molecule has 4 rings (SSSR count). The molecule has 6 nitrogen and oxygen atoms in total. The molecule has 0 saturated carbocycles. The van der Waals surface area contributed by atoms with Crippen molar-refractivity contribution in [2.45, 2.75) is 32.9 Å². The third kappa shape index (κ3) is 5.14. The molecule has 0 unspecified atom stereocenters. The molecule has 0 radical (unpaired) electrons. The van der Waals surface area contributed by atoms with Crippen LogP contribution in [-0.2, 0) is 24.3 Å². The van der Waals surface area contributed by atoms with E-state index >= 15 is 0 Å². The first kappa shape index (κ1) is 21.5. The summed E-state index contributed by atoms with van der Waals surface area (Å²) in [6.45, 7) is 8.45. The van der Waals surface area contributed by atoms with E-state index < -0.39 is 0 Å². The fourth-order valence-electron chi connectivity index (χ4n) is 4.38. The van der Waals surface area contributed by atoms with Gasteiger partial charge in [-0.2, -0.15) is 0 Å². The maximum Gasteiger partial charge on any atom is 0.251 e. The van der Waals surface area contributed by atoms with Crippen LogP contribution in [0.2, 0.25) is 0 Å². The van der Waals surface area contributed by atoms with Crippen molar-refractivity contribution in [2.24, 2.45) is 0 Å². The van der Waals surface area contributed by atoms with E-state index in [0.29, 0.717) is 25.1 Å². The predicted octanol–water partition coefficient (Wildman–Crippen LogP) is 2.66. The quantitative estimate of drug-likeness (QED) is 0.781. The van der Waals surface area contributed by atoms with Crippen LogP contribution in [0.25, 0.3) is 0 Å². The first-order valence-electron chi connectivity index (χ1n) is 11.2. The smallest absolute Gasteiger partial charge is 0.251 e. The van der Waals surface area contributed by atoms with E-state index in [1.807, 2.05) is 30.0 Å². The van der Waals surface area contributed by atoms with Crippen LogP contribution < -0.4 is 10.2 Å². The summed E-state index contributed by atoms with van der Waals surface area (Å²) in [6.07, 6.45) is 1.30. The Morgan fingerprint density at radius 2 is 1.74 bits per heavy atom. The number of piperazine rings is 1. The van der Waals surface area contributed by atoms with E-state index in [2.05, 4.69) is 46.4 Å². The minimum Gasteiger partial charge on any atom is -0.348 e. The lowest BCUT2D eigenvalue weighted by atomic mass is 10.1. The van der Waals surface area contributed by atoms with Crippen molar-refractivity contribution in [1.82, 2.24) is 15.1 Å². The molecule has 2 aromatic carbocycles. The molecule has 1 fully saturated rings. The number of nitrogens with one attached hydrogen (secondary N) is 1. The first-order chi connectivity index (χ1) is 15.0. The van der Waals surface area contributed by atoms with Crippen LogP contribution in [0.4, 0.5) is 5.69 Å². The second kappa shape index (κ2) is 9.62. The third-order valence-corrected chi connectivity index (χ3v) is 6.29. The monoisotopic (exact) mass is 420 g/mol. The normalized spacial score (nSPS) is 16.9. The topological polar surface area (TPSA) is 55.9 Å². The van der Waals surface area contributed by atoms with Crippen molar-refractivity contribution in [3.05, 3.63) is 64.7 Å². The minimum atomic E-state index is -0.0764. The van der Waals surface area contributed by atoms with E-state index in [1.54, 1.807) is 0 Å². The summed E-state index contributed by atoms with van der Waals surface area (Å²) >= 11 is 0. The number of nitrogens with zero attached hydrogens (tertiary/aromatic N) is 3. The molecule has 0 spiro atoms. The lowest BCUT2D eigenvalue weighted by Gasteiger charge is -2.32. The summed E-state index contributed by atoms with van der Waals surface area (Å²) in [6, 6.07) is 14.1. The number of fused-ring (bicyclic) bond motifs is 1. The Bertz CT molecular complexity index is 950. The maximum atomic E-state index is 12.7. The van der Waals surface area contributed by atoms with Crippen molar-refractivity contribution >= 4 is 17.5 Å². The summed E-state index contributed by atoms with van der Waals surface area (Å²) < 4.78 is 0. The molecular weight excluding hydrogens is 388 g/mol. The molecule has 1 saturated heterocycles. The van der Waals surface area contributed by atoms with Gasteiger partial charge in [-0.3, -0.25) is 14.5 Å². The van der Waals surface area contributed by atoms with Gasteiger partial charge in [0.15, 0.2) is 0 Å². The van der Waals surface area contributed by atoms with Gasteiger partial charge in [0.2, 0.25) is 5.91 Å². The van der Waals surface area contributed by atoms with E-state index in [9.17, 15) is 9.59 Å². The summed E-state index contributed by atoms with van der Waals surface area (Å²) in [5.41, 5.74) is 5.07. The van der Waals surface area contributed by atoms with E-state index in [0.717, 1.165) is 56.0 Å². The summed E-state index contributed by atoms with van der Waals surface area (Å²) in [4.78, 5) is 31.4. The van der Waals surface area contributed by atoms with Crippen molar-refractivity contribution in [3.63, 3.8) is 0 Å². The van der Waals surface area contributed by atoms with Gasteiger partial charge in [0.05, 0.1) is 0 Å². The third-order valence-electron chi connectivity index (χ3n) is 6.29. The number of benzene rings is 2. The van der Waals surface area contributed by atoms with Crippen LogP contribution in [0.1, 0.15) is 40.4 Å². The molecule has 164 valence electrons. The standard InChI is InChI=1S/C25H32N4O2/c1-3-24(30)29-10-9-21-16-22(7-8-23(21)29)25(31)26-17-19-5-4-6-20(15-19)18-28-13-11-27(2)12-14-28/h4-8,15-16H,3,9-14,17-18H2,1-2H3,(H,26,31). The highest BCUT2D eigenvalue weighted by atomic mass is 16.2. The van der Waals surface area contributed by atoms with Gasteiger partial charge in [0, 0.05) is 63.5 Å². The molecule has 0 aliphatic carbocycles. The Balaban J connectivity index is 1.34. The highest BCUT2D eigenvalue weighted by Gasteiger charge is 2.24. The van der Waals surface area contributed by atoms with E-state index in [1.165, 1.54) is 5.56 Å². The molecule has 2 aliphatic heterocycles. The molecule has 2 aliphatic rings. The maximum absolute atomic E-state index is 12.7. The fourth-order valence-corrected chi connectivity index (χ4v) is 4.38. The Morgan fingerprint density at radius 1 is 0.968 bits per heavy atom. The van der Waals surface area contributed by atoms with Crippen molar-refractivity contribution in [3.8, 4) is 0 Å². The SMILES string of the molecule is CCC(=O)N1CCc2cc(C(=O)NCc3cccc(CN4CCN(C)CC4)c3)ccc21. The minimum absolute atomic E-state index is 0.0764. The van der Waals surface area contributed by atoms with Crippen LogP contribution in [0, 0.1) is 0 Å². The van der Waals surface area contributed by atoms with Gasteiger partial charge >= 0.3 is 0 Å². The van der Waals surface area contributed by atoms with Crippen LogP contribution in [0.3, 0.4) is 0 Å². The summed E-state index contributed by atoms with van der Waals surface area (Å²) in [7, 11) is 2.17. The van der Waals surface area contributed by atoms with Crippen molar-refractivity contribution in [1.29, 1.82) is 0 Å². The van der Waals surface area contributed by atoms with Gasteiger partial charge in [-0.1, -0.05) is 31.2 Å². The van der Waals surface area contributed by atoms with Gasteiger partial charge in [0.1, 0.15) is 0 Å². The van der Waals surface area contributed by atoms with Gasteiger partial charge in [-0.25, -0.2) is 0 Å². The number of hydrogen-bond donors (Lipinski definition) is 1. The Labute approximate surface area is 184 Å². The molecule has 0 bridgehead atoms. The lowest BCUT2D eigenvalue weighted by Crippen LogP contribution is -2.43. The zero-order valence-corrected chi connectivity index (χ0v) is 18.6. The number of carbonyl (C=O) groups excluding carboxylic acids is 2. The van der Waals surface area contributed by atoms with Crippen LogP contribution in [0.15, 0.2) is 42.5 Å². The van der Waals surface area contributed by atoms with Gasteiger partial charge in [0.25, 0.3) is 5.91 Å². The fraction of sp³-hybridized carbons (Fsp3) is 0.440. The number of carbonyl (C=O) groups is 2.